The number of aryl methyl sites for hydroxylation is 1. The molecule has 0 bridgehead atoms. The molecule has 9 heteroatoms. The van der Waals surface area contributed by atoms with E-state index in [0.29, 0.717) is 22.7 Å². The Balaban J connectivity index is 1.39. The highest BCUT2D eigenvalue weighted by Gasteiger charge is 2.14. The Morgan fingerprint density at radius 1 is 0.973 bits per heavy atom. The number of nitrogens with one attached hydrogen (secondary N) is 2. The summed E-state index contributed by atoms with van der Waals surface area (Å²) in [6.45, 7) is 0.675. The number of aromatic nitrogens is 2. The maximum absolute atomic E-state index is 12.8. The van der Waals surface area contributed by atoms with E-state index in [1.165, 1.54) is 0 Å². The molecule has 0 radical (unpaired) electrons. The molecule has 0 aliphatic rings. The summed E-state index contributed by atoms with van der Waals surface area (Å²) < 4.78 is 18.1. The number of ether oxygens (including phenoxy) is 3. The summed E-state index contributed by atoms with van der Waals surface area (Å²) >= 11 is 0. The fourth-order valence-electron chi connectivity index (χ4n) is 3.63. The van der Waals surface area contributed by atoms with Gasteiger partial charge in [0.25, 0.3) is 5.91 Å². The molecule has 4 aromatic rings. The van der Waals surface area contributed by atoms with Gasteiger partial charge in [-0.2, -0.15) is 5.10 Å². The SMILES string of the molecule is COc1cccc(C(=O)Nc2ccc(OCCNC(=O)OCc3ccccc3)c(-c3ccnn3C)c2)c1. The fraction of sp³-hybridized carbons (Fsp3) is 0.179. The summed E-state index contributed by atoms with van der Waals surface area (Å²) in [6, 6.07) is 23.6. The van der Waals surface area contributed by atoms with Gasteiger partial charge in [0, 0.05) is 30.1 Å². The Labute approximate surface area is 215 Å². The van der Waals surface area contributed by atoms with Gasteiger partial charge in [-0.1, -0.05) is 36.4 Å². The lowest BCUT2D eigenvalue weighted by Gasteiger charge is -2.15. The first kappa shape index (κ1) is 25.3. The Kier molecular flexibility index (Phi) is 8.38. The average molecular weight is 501 g/mol. The number of hydrogen-bond acceptors (Lipinski definition) is 6. The summed E-state index contributed by atoms with van der Waals surface area (Å²) in [5.41, 5.74) is 3.54. The maximum Gasteiger partial charge on any atom is 0.407 e. The van der Waals surface area contributed by atoms with Gasteiger partial charge in [-0.15, -0.1) is 0 Å². The molecule has 2 amide bonds. The maximum atomic E-state index is 12.8. The number of benzene rings is 3. The monoisotopic (exact) mass is 500 g/mol. The van der Waals surface area contributed by atoms with Gasteiger partial charge >= 0.3 is 6.09 Å². The molecular formula is C28H28N4O5. The molecule has 0 fully saturated rings. The molecule has 190 valence electrons. The first-order valence-corrected chi connectivity index (χ1v) is 11.7. The van der Waals surface area contributed by atoms with E-state index in [1.54, 1.807) is 54.4 Å². The largest absolute Gasteiger partial charge is 0.497 e. The molecule has 0 spiro atoms. The average Bonchev–Trinajstić information content (AvgIpc) is 3.36. The number of hydrogen-bond donors (Lipinski definition) is 2. The minimum absolute atomic E-state index is 0.196. The quantitative estimate of drug-likeness (QED) is 0.307. The van der Waals surface area contributed by atoms with Crippen molar-refractivity contribution in [3.63, 3.8) is 0 Å². The van der Waals surface area contributed by atoms with E-state index in [1.807, 2.05) is 49.5 Å². The summed E-state index contributed by atoms with van der Waals surface area (Å²) in [5, 5.41) is 9.84. The third-order valence-electron chi connectivity index (χ3n) is 5.51. The molecule has 4 rings (SSSR count). The van der Waals surface area contributed by atoms with E-state index < -0.39 is 6.09 Å². The zero-order valence-corrected chi connectivity index (χ0v) is 20.6. The Bertz CT molecular complexity index is 1350. The zero-order valence-electron chi connectivity index (χ0n) is 20.6. The van der Waals surface area contributed by atoms with Crippen LogP contribution in [-0.4, -0.2) is 42.0 Å². The number of alkyl carbamates (subject to hydrolysis) is 1. The van der Waals surface area contributed by atoms with Crippen LogP contribution in [0, 0.1) is 0 Å². The molecule has 1 heterocycles. The van der Waals surface area contributed by atoms with Crippen LogP contribution in [0.15, 0.2) is 85.1 Å². The lowest BCUT2D eigenvalue weighted by atomic mass is 10.1. The molecule has 0 aliphatic carbocycles. The van der Waals surface area contributed by atoms with Crippen molar-refractivity contribution in [1.29, 1.82) is 0 Å². The van der Waals surface area contributed by atoms with E-state index in [0.717, 1.165) is 16.8 Å². The predicted molar refractivity (Wildman–Crippen MR) is 140 cm³/mol. The zero-order chi connectivity index (χ0) is 26.0. The third-order valence-corrected chi connectivity index (χ3v) is 5.51. The number of anilines is 1. The molecule has 0 saturated heterocycles. The van der Waals surface area contributed by atoms with Crippen molar-refractivity contribution in [3.8, 4) is 22.8 Å². The topological polar surface area (TPSA) is 104 Å². The summed E-state index contributed by atoms with van der Waals surface area (Å²) in [7, 11) is 3.38. The molecule has 0 saturated carbocycles. The number of methoxy groups -OCH3 is 1. The second kappa shape index (κ2) is 12.3. The number of amides is 2. The van der Waals surface area contributed by atoms with Crippen LogP contribution in [0.1, 0.15) is 15.9 Å². The number of nitrogens with zero attached hydrogens (tertiary/aromatic N) is 2. The third kappa shape index (κ3) is 6.88. The van der Waals surface area contributed by atoms with Gasteiger partial charge in [0.2, 0.25) is 0 Å². The molecule has 9 nitrogen and oxygen atoms in total. The smallest absolute Gasteiger partial charge is 0.407 e. The minimum Gasteiger partial charge on any atom is -0.497 e. The van der Waals surface area contributed by atoms with Crippen LogP contribution in [0.4, 0.5) is 10.5 Å². The predicted octanol–water partition coefficient (Wildman–Crippen LogP) is 4.65. The van der Waals surface area contributed by atoms with Gasteiger partial charge < -0.3 is 24.8 Å². The van der Waals surface area contributed by atoms with Crippen molar-refractivity contribution in [2.75, 3.05) is 25.6 Å². The van der Waals surface area contributed by atoms with E-state index in [-0.39, 0.29) is 25.7 Å². The van der Waals surface area contributed by atoms with Crippen LogP contribution in [0.3, 0.4) is 0 Å². The first-order valence-electron chi connectivity index (χ1n) is 11.7. The second-order valence-electron chi connectivity index (χ2n) is 8.07. The van der Waals surface area contributed by atoms with Crippen molar-refractivity contribution in [1.82, 2.24) is 15.1 Å². The van der Waals surface area contributed by atoms with Gasteiger partial charge in [0.15, 0.2) is 0 Å². The van der Waals surface area contributed by atoms with E-state index in [4.69, 9.17) is 14.2 Å². The van der Waals surface area contributed by atoms with Crippen LogP contribution in [-0.2, 0) is 18.4 Å². The molecule has 0 atom stereocenters. The van der Waals surface area contributed by atoms with E-state index in [9.17, 15) is 9.59 Å². The molecule has 37 heavy (non-hydrogen) atoms. The standard InChI is InChI=1S/C28H28N4O5/c1-32-25(13-14-30-32)24-18-22(31-27(33)21-9-6-10-23(17-21)35-2)11-12-26(24)36-16-15-29-28(34)37-19-20-7-4-3-5-8-20/h3-14,17-18H,15-16,19H2,1-2H3,(H,29,34)(H,31,33). The molecular weight excluding hydrogens is 472 g/mol. The summed E-state index contributed by atoms with van der Waals surface area (Å²) in [5.74, 6) is 0.925. The number of rotatable bonds is 10. The lowest BCUT2D eigenvalue weighted by Crippen LogP contribution is -2.28. The lowest BCUT2D eigenvalue weighted by molar-refractivity contribution is 0.102. The van der Waals surface area contributed by atoms with Crippen LogP contribution in [0.5, 0.6) is 11.5 Å². The highest BCUT2D eigenvalue weighted by Crippen LogP contribution is 2.32. The fourth-order valence-corrected chi connectivity index (χ4v) is 3.63. The van der Waals surface area contributed by atoms with Crippen molar-refractivity contribution in [3.05, 3.63) is 96.2 Å². The minimum atomic E-state index is -0.519. The van der Waals surface area contributed by atoms with Crippen LogP contribution in [0.25, 0.3) is 11.3 Å². The highest BCUT2D eigenvalue weighted by atomic mass is 16.5. The summed E-state index contributed by atoms with van der Waals surface area (Å²) in [4.78, 5) is 24.8. The van der Waals surface area contributed by atoms with Gasteiger partial charge in [-0.25, -0.2) is 4.79 Å². The normalized spacial score (nSPS) is 10.4. The first-order chi connectivity index (χ1) is 18.0. The van der Waals surface area contributed by atoms with Crippen molar-refractivity contribution < 1.29 is 23.8 Å². The van der Waals surface area contributed by atoms with Crippen molar-refractivity contribution >= 4 is 17.7 Å². The number of carbonyl (C=O) groups excluding carboxylic acids is 2. The van der Waals surface area contributed by atoms with Crippen LogP contribution >= 0.6 is 0 Å². The van der Waals surface area contributed by atoms with Crippen molar-refractivity contribution in [2.45, 2.75) is 6.61 Å². The molecule has 3 aromatic carbocycles. The van der Waals surface area contributed by atoms with Crippen molar-refractivity contribution in [2.24, 2.45) is 7.05 Å². The molecule has 2 N–H and O–H groups in total. The van der Waals surface area contributed by atoms with Gasteiger partial charge in [0.05, 0.1) is 19.3 Å². The highest BCUT2D eigenvalue weighted by molar-refractivity contribution is 6.04. The molecule has 0 unspecified atom stereocenters. The number of carbonyl (C=O) groups is 2. The molecule has 0 aliphatic heterocycles. The Hall–Kier alpha value is -4.79. The van der Waals surface area contributed by atoms with Gasteiger partial charge in [0.1, 0.15) is 24.7 Å². The Morgan fingerprint density at radius 2 is 1.81 bits per heavy atom. The van der Waals surface area contributed by atoms with Gasteiger partial charge in [-0.3, -0.25) is 9.48 Å². The molecule has 1 aromatic heterocycles. The summed E-state index contributed by atoms with van der Waals surface area (Å²) in [6.07, 6.45) is 1.17. The van der Waals surface area contributed by atoms with E-state index >= 15 is 0 Å². The Morgan fingerprint density at radius 3 is 2.57 bits per heavy atom. The van der Waals surface area contributed by atoms with Crippen LogP contribution < -0.4 is 20.1 Å². The van der Waals surface area contributed by atoms with Crippen LogP contribution in [0.2, 0.25) is 0 Å². The van der Waals surface area contributed by atoms with E-state index in [2.05, 4.69) is 15.7 Å². The van der Waals surface area contributed by atoms with Gasteiger partial charge in [-0.05, 0) is 48.0 Å². The second-order valence-corrected chi connectivity index (χ2v) is 8.07.